The maximum atomic E-state index is 5.88. The standard InChI is InChI=1S/C27H27N5OS/c1-18-14-23(19(2)31(18)17-20-8-7-12-28-16-20)26-25(24-11-4-5-13-29-24)30-27(34)32(26)21-9-6-10-22(15-21)33-3/h4-16,25-26H,17H2,1-3H3,(H,30,34)/t25-,26-/m1/s1. The van der Waals surface area contributed by atoms with Gasteiger partial charge in [-0.15, -0.1) is 0 Å². The minimum Gasteiger partial charge on any atom is -0.497 e. The molecule has 4 heterocycles. The van der Waals surface area contributed by atoms with Gasteiger partial charge >= 0.3 is 0 Å². The number of methoxy groups -OCH3 is 1. The molecule has 4 aromatic rings. The van der Waals surface area contributed by atoms with Gasteiger partial charge < -0.3 is 19.5 Å². The number of nitrogens with zero attached hydrogens (tertiary/aromatic N) is 4. The smallest absolute Gasteiger partial charge is 0.174 e. The molecule has 6 nitrogen and oxygen atoms in total. The van der Waals surface area contributed by atoms with Crippen molar-refractivity contribution in [2.45, 2.75) is 32.5 Å². The van der Waals surface area contributed by atoms with Crippen LogP contribution in [0, 0.1) is 13.8 Å². The molecule has 0 radical (unpaired) electrons. The highest BCUT2D eigenvalue weighted by Crippen LogP contribution is 2.43. The summed E-state index contributed by atoms with van der Waals surface area (Å²) in [5, 5.41) is 4.22. The number of hydrogen-bond donors (Lipinski definition) is 1. The lowest BCUT2D eigenvalue weighted by Crippen LogP contribution is -2.29. The monoisotopic (exact) mass is 469 g/mol. The minimum atomic E-state index is -0.0905. The summed E-state index contributed by atoms with van der Waals surface area (Å²) >= 11 is 5.88. The van der Waals surface area contributed by atoms with E-state index >= 15 is 0 Å². The van der Waals surface area contributed by atoms with Crippen molar-refractivity contribution < 1.29 is 4.74 Å². The van der Waals surface area contributed by atoms with Gasteiger partial charge in [0.25, 0.3) is 0 Å². The summed E-state index contributed by atoms with van der Waals surface area (Å²) in [7, 11) is 1.68. The normalized spacial score (nSPS) is 17.6. The van der Waals surface area contributed by atoms with E-state index in [1.807, 2.05) is 48.8 Å². The molecule has 172 valence electrons. The van der Waals surface area contributed by atoms with Crippen LogP contribution in [0.3, 0.4) is 0 Å². The Labute approximate surface area is 205 Å². The first kappa shape index (κ1) is 22.1. The van der Waals surface area contributed by atoms with Crippen molar-refractivity contribution in [3.05, 3.63) is 107 Å². The van der Waals surface area contributed by atoms with E-state index in [9.17, 15) is 0 Å². The zero-order valence-corrected chi connectivity index (χ0v) is 20.3. The quantitative estimate of drug-likeness (QED) is 0.395. The first-order valence-electron chi connectivity index (χ1n) is 11.3. The summed E-state index contributed by atoms with van der Waals surface area (Å²) in [5.41, 5.74) is 6.72. The van der Waals surface area contributed by atoms with Crippen LogP contribution in [-0.4, -0.2) is 26.8 Å². The molecular weight excluding hydrogens is 442 g/mol. The molecule has 3 aromatic heterocycles. The van der Waals surface area contributed by atoms with E-state index in [-0.39, 0.29) is 12.1 Å². The minimum absolute atomic E-state index is 0.0663. The number of aryl methyl sites for hydroxylation is 1. The number of anilines is 1. The van der Waals surface area contributed by atoms with E-state index in [2.05, 4.69) is 62.9 Å². The predicted molar refractivity (Wildman–Crippen MR) is 138 cm³/mol. The molecule has 1 fully saturated rings. The van der Waals surface area contributed by atoms with Crippen LogP contribution in [0.1, 0.15) is 40.3 Å². The molecule has 1 aromatic carbocycles. The third-order valence-electron chi connectivity index (χ3n) is 6.42. The first-order valence-corrected chi connectivity index (χ1v) is 11.7. The second-order valence-electron chi connectivity index (χ2n) is 8.47. The number of aromatic nitrogens is 3. The van der Waals surface area contributed by atoms with E-state index in [0.29, 0.717) is 5.11 Å². The van der Waals surface area contributed by atoms with Gasteiger partial charge in [0.1, 0.15) is 5.75 Å². The van der Waals surface area contributed by atoms with Gasteiger partial charge in [-0.2, -0.15) is 0 Å². The summed E-state index contributed by atoms with van der Waals surface area (Å²) < 4.78 is 7.84. The fourth-order valence-corrected chi connectivity index (χ4v) is 5.10. The number of hydrogen-bond acceptors (Lipinski definition) is 4. The van der Waals surface area contributed by atoms with Gasteiger partial charge in [0.05, 0.1) is 24.9 Å². The Hall–Kier alpha value is -3.71. The molecule has 0 aliphatic carbocycles. The third kappa shape index (κ3) is 4.03. The Morgan fingerprint density at radius 1 is 1.03 bits per heavy atom. The maximum Gasteiger partial charge on any atom is 0.174 e. The summed E-state index contributed by atoms with van der Waals surface area (Å²) in [4.78, 5) is 11.1. The first-order chi connectivity index (χ1) is 16.6. The second kappa shape index (κ2) is 9.27. The Balaban J connectivity index is 1.62. The number of thiocarbonyl (C=S) groups is 1. The fraction of sp³-hybridized carbons (Fsp3) is 0.222. The molecular formula is C27H27N5OS. The van der Waals surface area contributed by atoms with Crippen molar-refractivity contribution in [1.29, 1.82) is 0 Å². The lowest BCUT2D eigenvalue weighted by molar-refractivity contribution is 0.415. The highest BCUT2D eigenvalue weighted by atomic mass is 32.1. The van der Waals surface area contributed by atoms with Crippen molar-refractivity contribution in [1.82, 2.24) is 19.9 Å². The zero-order valence-electron chi connectivity index (χ0n) is 19.5. The van der Waals surface area contributed by atoms with Gasteiger partial charge in [0.2, 0.25) is 0 Å². The van der Waals surface area contributed by atoms with Gasteiger partial charge in [-0.3, -0.25) is 9.97 Å². The van der Waals surface area contributed by atoms with Gasteiger partial charge in [-0.1, -0.05) is 18.2 Å². The second-order valence-corrected chi connectivity index (χ2v) is 8.86. The van der Waals surface area contributed by atoms with Crippen LogP contribution in [0.4, 0.5) is 5.69 Å². The van der Waals surface area contributed by atoms with Crippen LogP contribution in [-0.2, 0) is 6.54 Å². The van der Waals surface area contributed by atoms with Gasteiger partial charge in [0.15, 0.2) is 5.11 Å². The molecule has 0 unspecified atom stereocenters. The van der Waals surface area contributed by atoms with Crippen LogP contribution in [0.5, 0.6) is 5.75 Å². The number of rotatable bonds is 6. The molecule has 34 heavy (non-hydrogen) atoms. The lowest BCUT2D eigenvalue weighted by atomic mass is 9.96. The van der Waals surface area contributed by atoms with E-state index in [1.54, 1.807) is 13.3 Å². The molecule has 0 spiro atoms. The average molecular weight is 470 g/mol. The van der Waals surface area contributed by atoms with E-state index in [4.69, 9.17) is 17.0 Å². The molecule has 1 saturated heterocycles. The van der Waals surface area contributed by atoms with Gasteiger partial charge in [-0.25, -0.2) is 0 Å². The highest BCUT2D eigenvalue weighted by Gasteiger charge is 2.42. The number of nitrogens with one attached hydrogen (secondary N) is 1. The number of ether oxygens (including phenoxy) is 1. The molecule has 2 atom stereocenters. The fourth-order valence-electron chi connectivity index (χ4n) is 4.75. The van der Waals surface area contributed by atoms with Gasteiger partial charge in [0, 0.05) is 48.3 Å². The summed E-state index contributed by atoms with van der Waals surface area (Å²) in [6.45, 7) is 5.10. The third-order valence-corrected chi connectivity index (χ3v) is 6.74. The van der Waals surface area contributed by atoms with E-state index in [1.165, 1.54) is 22.5 Å². The van der Waals surface area contributed by atoms with E-state index < -0.39 is 0 Å². The summed E-state index contributed by atoms with van der Waals surface area (Å²) in [6.07, 6.45) is 5.56. The summed E-state index contributed by atoms with van der Waals surface area (Å²) in [6, 6.07) is 20.2. The SMILES string of the molecule is COc1cccc(N2C(=S)N[C@H](c3ccccn3)[C@H]2c2cc(C)n(Cc3cccnc3)c2C)c1. The Bertz CT molecular complexity index is 1310. The van der Waals surface area contributed by atoms with Crippen molar-refractivity contribution in [3.63, 3.8) is 0 Å². The van der Waals surface area contributed by atoms with Gasteiger partial charge in [-0.05, 0) is 73.6 Å². The molecule has 1 aliphatic rings. The molecule has 1 aliphatic heterocycles. The molecule has 0 bridgehead atoms. The molecule has 7 heteroatoms. The van der Waals surface area contributed by atoms with Crippen molar-refractivity contribution >= 4 is 23.0 Å². The van der Waals surface area contributed by atoms with Crippen LogP contribution in [0.25, 0.3) is 0 Å². The zero-order chi connectivity index (χ0) is 23.7. The average Bonchev–Trinajstić information content (AvgIpc) is 3.36. The van der Waals surface area contributed by atoms with Crippen molar-refractivity contribution in [3.8, 4) is 5.75 Å². The highest BCUT2D eigenvalue weighted by molar-refractivity contribution is 7.80. The topological polar surface area (TPSA) is 55.2 Å². The Kier molecular flexibility index (Phi) is 6.02. The van der Waals surface area contributed by atoms with E-state index in [0.717, 1.165) is 23.7 Å². The van der Waals surface area contributed by atoms with Crippen LogP contribution in [0.2, 0.25) is 0 Å². The predicted octanol–water partition coefficient (Wildman–Crippen LogP) is 5.13. The summed E-state index contributed by atoms with van der Waals surface area (Å²) in [5.74, 6) is 0.794. The molecule has 1 N–H and O–H groups in total. The Morgan fingerprint density at radius 2 is 1.91 bits per heavy atom. The largest absolute Gasteiger partial charge is 0.497 e. The molecule has 5 rings (SSSR count). The Morgan fingerprint density at radius 3 is 2.65 bits per heavy atom. The lowest BCUT2D eigenvalue weighted by Gasteiger charge is -2.28. The van der Waals surface area contributed by atoms with Crippen LogP contribution >= 0.6 is 12.2 Å². The van der Waals surface area contributed by atoms with Crippen molar-refractivity contribution in [2.24, 2.45) is 0 Å². The number of benzene rings is 1. The van der Waals surface area contributed by atoms with Crippen molar-refractivity contribution in [2.75, 3.05) is 12.0 Å². The molecule has 0 saturated carbocycles. The number of pyridine rings is 2. The molecule has 0 amide bonds. The maximum absolute atomic E-state index is 5.88. The van der Waals surface area contributed by atoms with Crippen LogP contribution in [0.15, 0.2) is 79.3 Å². The van der Waals surface area contributed by atoms with Crippen LogP contribution < -0.4 is 15.0 Å².